The van der Waals surface area contributed by atoms with Gasteiger partial charge in [-0.3, -0.25) is 0 Å². The largest absolute Gasteiger partial charge is 0.388 e. The molecule has 1 heterocycles. The molecule has 0 saturated heterocycles. The first kappa shape index (κ1) is 22.5. The van der Waals surface area contributed by atoms with Gasteiger partial charge in [-0.1, -0.05) is 20.3 Å². The second-order valence-corrected chi connectivity index (χ2v) is 9.95. The molecule has 0 aliphatic heterocycles. The highest BCUT2D eigenvalue weighted by atomic mass is 32.3. The van der Waals surface area contributed by atoms with E-state index in [1.807, 2.05) is 0 Å². The molecule has 136 valence electrons. The van der Waals surface area contributed by atoms with Gasteiger partial charge in [-0.05, 0) is 18.9 Å². The van der Waals surface area contributed by atoms with E-state index in [4.69, 9.17) is 9.88 Å². The normalized spacial score (nSPS) is 13.3. The second-order valence-electron chi connectivity index (χ2n) is 4.90. The number of nitrogens with two attached hydrogens (primary N) is 1. The van der Waals surface area contributed by atoms with Crippen molar-refractivity contribution in [2.24, 2.45) is 5.14 Å². The molecule has 1 rings (SSSR count). The number of thiophene rings is 1. The molecule has 0 aliphatic rings. The summed E-state index contributed by atoms with van der Waals surface area (Å²) in [5, 5.41) is 14.6. The third-order valence-corrected chi connectivity index (χ3v) is 7.20. The topological polar surface area (TPSA) is 124 Å². The van der Waals surface area contributed by atoms with E-state index < -0.39 is 26.0 Å². The van der Waals surface area contributed by atoms with E-state index in [9.17, 15) is 21.9 Å². The van der Waals surface area contributed by atoms with Gasteiger partial charge in [0.25, 0.3) is 0 Å². The Kier molecular flexibility index (Phi) is 9.48. The zero-order chi connectivity index (χ0) is 18.3. The minimum atomic E-state index is -3.96. The lowest BCUT2D eigenvalue weighted by Crippen LogP contribution is -2.10. The van der Waals surface area contributed by atoms with Gasteiger partial charge in [0.15, 0.2) is 9.84 Å². The third-order valence-electron chi connectivity index (χ3n) is 2.77. The smallest absolute Gasteiger partial charge is 0.247 e. The van der Waals surface area contributed by atoms with Crippen LogP contribution in [-0.4, -0.2) is 41.9 Å². The lowest BCUT2D eigenvalue weighted by molar-refractivity contribution is 0.171. The average Bonchev–Trinajstić information content (AvgIpc) is 2.90. The van der Waals surface area contributed by atoms with E-state index in [1.54, 1.807) is 14.0 Å². The molecular weight excluding hydrogens is 362 g/mol. The van der Waals surface area contributed by atoms with Crippen molar-refractivity contribution in [3.05, 3.63) is 11.6 Å². The van der Waals surface area contributed by atoms with E-state index in [1.165, 1.54) is 12.8 Å². The standard InChI is InChI=1S/C8H13NO5S3.C5H12O/c1-3-6(10)5-4-7(17(9,13)14)15-8(5)16(2,11)12;1-3-4-5-6-2/h4,6,10H,3H2,1-2H3,(H2,9,13,14);3-5H2,1-2H3/t6-;/m1./s1. The van der Waals surface area contributed by atoms with Gasteiger partial charge >= 0.3 is 0 Å². The summed E-state index contributed by atoms with van der Waals surface area (Å²) in [6.45, 7) is 4.72. The minimum absolute atomic E-state index is 0.0871. The van der Waals surface area contributed by atoms with Crippen LogP contribution < -0.4 is 5.14 Å². The number of sulfonamides is 1. The highest BCUT2D eigenvalue weighted by molar-refractivity contribution is 7.94. The molecule has 1 atom stereocenters. The first-order valence-corrected chi connectivity index (χ1v) is 11.3. The predicted octanol–water partition coefficient (Wildman–Crippen LogP) is 1.68. The maximum absolute atomic E-state index is 11.5. The Morgan fingerprint density at radius 3 is 2.17 bits per heavy atom. The summed E-state index contributed by atoms with van der Waals surface area (Å²) in [4.78, 5) is 0. The molecular formula is C13H25NO6S3. The van der Waals surface area contributed by atoms with Crippen molar-refractivity contribution in [2.45, 2.75) is 47.6 Å². The Labute approximate surface area is 142 Å². The van der Waals surface area contributed by atoms with Crippen LogP contribution in [0.3, 0.4) is 0 Å². The number of methoxy groups -OCH3 is 1. The first-order chi connectivity index (χ1) is 10.5. The Morgan fingerprint density at radius 1 is 1.30 bits per heavy atom. The first-order valence-electron chi connectivity index (χ1n) is 7.02. The van der Waals surface area contributed by atoms with Gasteiger partial charge in [-0.25, -0.2) is 22.0 Å². The van der Waals surface area contributed by atoms with Crippen molar-refractivity contribution < 1.29 is 26.7 Å². The Hall–Kier alpha value is -0.520. The molecule has 1 aromatic heterocycles. The number of unbranched alkanes of at least 4 members (excludes halogenated alkanes) is 1. The van der Waals surface area contributed by atoms with Gasteiger partial charge < -0.3 is 9.84 Å². The van der Waals surface area contributed by atoms with Crippen LogP contribution in [0.2, 0.25) is 0 Å². The lowest BCUT2D eigenvalue weighted by atomic mass is 10.1. The maximum Gasteiger partial charge on any atom is 0.247 e. The Morgan fingerprint density at radius 2 is 1.87 bits per heavy atom. The highest BCUT2D eigenvalue weighted by Crippen LogP contribution is 2.34. The van der Waals surface area contributed by atoms with E-state index in [2.05, 4.69) is 6.92 Å². The highest BCUT2D eigenvalue weighted by Gasteiger charge is 2.25. The molecule has 1 aromatic rings. The summed E-state index contributed by atoms with van der Waals surface area (Å²) in [5.41, 5.74) is 0.0871. The zero-order valence-corrected chi connectivity index (χ0v) is 16.2. The summed E-state index contributed by atoms with van der Waals surface area (Å²) in [7, 11) is -5.82. The molecule has 0 amide bonds. The molecule has 7 nitrogen and oxygen atoms in total. The lowest BCUT2D eigenvalue weighted by Gasteiger charge is -2.07. The summed E-state index contributed by atoms with van der Waals surface area (Å²) in [6, 6.07) is 1.12. The Bertz CT molecular complexity index is 675. The van der Waals surface area contributed by atoms with E-state index in [0.29, 0.717) is 11.3 Å². The molecule has 0 aromatic carbocycles. The van der Waals surface area contributed by atoms with Crippen LogP contribution in [0, 0.1) is 0 Å². The predicted molar refractivity (Wildman–Crippen MR) is 90.8 cm³/mol. The SMILES string of the molecule is CCCCOC.CC[C@@H](O)c1cc(S(N)(=O)=O)sc1S(C)(=O)=O. The summed E-state index contributed by atoms with van der Waals surface area (Å²) >= 11 is 0.556. The summed E-state index contributed by atoms with van der Waals surface area (Å²) < 4.78 is 49.6. The molecule has 23 heavy (non-hydrogen) atoms. The van der Waals surface area contributed by atoms with Gasteiger partial charge in [-0.15, -0.1) is 11.3 Å². The second kappa shape index (κ2) is 9.70. The number of rotatable bonds is 7. The fraction of sp³-hybridized carbons (Fsp3) is 0.692. The van der Waals surface area contributed by atoms with E-state index >= 15 is 0 Å². The fourth-order valence-electron chi connectivity index (χ4n) is 1.54. The monoisotopic (exact) mass is 387 g/mol. The van der Waals surface area contributed by atoms with Crippen LogP contribution in [0.15, 0.2) is 14.5 Å². The quantitative estimate of drug-likeness (QED) is 0.686. The maximum atomic E-state index is 11.5. The fourth-order valence-corrected chi connectivity index (χ4v) is 4.88. The number of aliphatic hydroxyl groups excluding tert-OH is 1. The molecule has 0 saturated carbocycles. The average molecular weight is 388 g/mol. The number of primary sulfonamides is 1. The van der Waals surface area contributed by atoms with Gasteiger partial charge in [0.05, 0.1) is 6.10 Å². The van der Waals surface area contributed by atoms with Crippen LogP contribution in [0.5, 0.6) is 0 Å². The van der Waals surface area contributed by atoms with Crippen molar-refractivity contribution in [1.82, 2.24) is 0 Å². The molecule has 0 fully saturated rings. The van der Waals surface area contributed by atoms with Crippen LogP contribution in [-0.2, 0) is 24.6 Å². The van der Waals surface area contributed by atoms with Crippen LogP contribution in [0.4, 0.5) is 0 Å². The van der Waals surface area contributed by atoms with Crippen LogP contribution in [0.25, 0.3) is 0 Å². The van der Waals surface area contributed by atoms with Crippen LogP contribution in [0.1, 0.15) is 44.8 Å². The number of aliphatic hydroxyl groups is 1. The van der Waals surface area contributed by atoms with Crippen molar-refractivity contribution in [3.8, 4) is 0 Å². The summed E-state index contributed by atoms with van der Waals surface area (Å²) in [6.07, 6.45) is 2.64. The number of hydrogen-bond acceptors (Lipinski definition) is 7. The molecule has 0 spiro atoms. The third kappa shape index (κ3) is 7.73. The molecule has 10 heteroatoms. The van der Waals surface area contributed by atoms with Crippen molar-refractivity contribution >= 4 is 31.2 Å². The van der Waals surface area contributed by atoms with Crippen molar-refractivity contribution in [3.63, 3.8) is 0 Å². The van der Waals surface area contributed by atoms with E-state index in [-0.39, 0.29) is 20.4 Å². The minimum Gasteiger partial charge on any atom is -0.388 e. The molecule has 0 radical (unpaired) electrons. The van der Waals surface area contributed by atoms with Gasteiger partial charge in [0.2, 0.25) is 10.0 Å². The van der Waals surface area contributed by atoms with Gasteiger partial charge in [0.1, 0.15) is 8.42 Å². The number of hydrogen-bond donors (Lipinski definition) is 2. The molecule has 0 aliphatic carbocycles. The molecule has 0 bridgehead atoms. The Balaban J connectivity index is 0.000000688. The van der Waals surface area contributed by atoms with Crippen molar-refractivity contribution in [1.29, 1.82) is 0 Å². The van der Waals surface area contributed by atoms with Crippen LogP contribution >= 0.6 is 11.3 Å². The van der Waals surface area contributed by atoms with Gasteiger partial charge in [0, 0.05) is 25.5 Å². The van der Waals surface area contributed by atoms with E-state index in [0.717, 1.165) is 18.9 Å². The van der Waals surface area contributed by atoms with Crippen molar-refractivity contribution in [2.75, 3.05) is 20.0 Å². The zero-order valence-electron chi connectivity index (χ0n) is 13.8. The summed E-state index contributed by atoms with van der Waals surface area (Å²) in [5.74, 6) is 0. The molecule has 0 unspecified atom stereocenters. The number of ether oxygens (including phenoxy) is 1. The molecule has 3 N–H and O–H groups in total. The van der Waals surface area contributed by atoms with Gasteiger partial charge in [-0.2, -0.15) is 0 Å². The number of sulfone groups is 1.